The third-order valence-electron chi connectivity index (χ3n) is 5.95. The van der Waals surface area contributed by atoms with E-state index in [9.17, 15) is 19.1 Å². The zero-order chi connectivity index (χ0) is 26.0. The molecule has 1 aliphatic heterocycles. The van der Waals surface area contributed by atoms with Crippen molar-refractivity contribution in [1.82, 2.24) is 10.3 Å². The summed E-state index contributed by atoms with van der Waals surface area (Å²) in [6, 6.07) is 23.8. The van der Waals surface area contributed by atoms with Crippen molar-refractivity contribution in [2.24, 2.45) is 0 Å². The van der Waals surface area contributed by atoms with Crippen LogP contribution in [0.2, 0.25) is 5.02 Å². The SMILES string of the molecule is O=C1CC(c2cccc(Oc3ccc(F)cc3)n2)(c2ccccc2O)NC(=O)C1Sc1ccccc1Cl. The van der Waals surface area contributed by atoms with E-state index in [0.717, 1.165) is 11.8 Å². The lowest BCUT2D eigenvalue weighted by Gasteiger charge is -2.40. The van der Waals surface area contributed by atoms with E-state index in [1.807, 2.05) is 0 Å². The molecule has 2 N–H and O–H groups in total. The second kappa shape index (κ2) is 10.2. The first-order valence-electron chi connectivity index (χ1n) is 11.3. The minimum Gasteiger partial charge on any atom is -0.508 e. The number of aromatic hydroxyl groups is 1. The molecule has 0 saturated carbocycles. The molecule has 1 amide bonds. The monoisotopic (exact) mass is 534 g/mol. The van der Waals surface area contributed by atoms with Gasteiger partial charge in [0, 0.05) is 22.9 Å². The number of carbonyl (C=O) groups is 2. The number of rotatable bonds is 6. The number of carbonyl (C=O) groups excluding carboxylic acids is 2. The summed E-state index contributed by atoms with van der Waals surface area (Å²) in [5.74, 6) is -0.838. The third-order valence-corrected chi connectivity index (χ3v) is 7.71. The highest BCUT2D eigenvalue weighted by molar-refractivity contribution is 8.01. The normalized spacial score (nSPS) is 19.4. The summed E-state index contributed by atoms with van der Waals surface area (Å²) in [5, 5.41) is 13.1. The highest BCUT2D eigenvalue weighted by Crippen LogP contribution is 2.43. The molecule has 5 rings (SSSR count). The molecule has 6 nitrogen and oxygen atoms in total. The number of amides is 1. The number of Topliss-reactive ketones (excluding diaryl/α,β-unsaturated/α-hetero) is 1. The molecule has 0 bridgehead atoms. The topological polar surface area (TPSA) is 88.5 Å². The molecule has 1 aromatic heterocycles. The lowest BCUT2D eigenvalue weighted by atomic mass is 9.78. The van der Waals surface area contributed by atoms with Gasteiger partial charge in [0.25, 0.3) is 0 Å². The van der Waals surface area contributed by atoms with Gasteiger partial charge in [0.2, 0.25) is 11.8 Å². The van der Waals surface area contributed by atoms with Gasteiger partial charge in [-0.2, -0.15) is 0 Å². The highest BCUT2D eigenvalue weighted by Gasteiger charge is 2.49. The van der Waals surface area contributed by atoms with E-state index in [-0.39, 0.29) is 23.8 Å². The summed E-state index contributed by atoms with van der Waals surface area (Å²) in [5.41, 5.74) is -0.819. The predicted octanol–water partition coefficient (Wildman–Crippen LogP) is 5.87. The Balaban J connectivity index is 1.53. The highest BCUT2D eigenvalue weighted by atomic mass is 35.5. The number of para-hydroxylation sites is 1. The van der Waals surface area contributed by atoms with Gasteiger partial charge in [-0.15, -0.1) is 11.8 Å². The van der Waals surface area contributed by atoms with Crippen molar-refractivity contribution in [3.8, 4) is 17.4 Å². The summed E-state index contributed by atoms with van der Waals surface area (Å²) < 4.78 is 19.1. The summed E-state index contributed by atoms with van der Waals surface area (Å²) in [7, 11) is 0. The number of hydrogen-bond donors (Lipinski definition) is 2. The number of nitrogens with zero attached hydrogens (tertiary/aromatic N) is 1. The number of phenols is 1. The fourth-order valence-corrected chi connectivity index (χ4v) is 5.47. The number of ketones is 1. The number of benzene rings is 3. The number of pyridine rings is 1. The molecule has 37 heavy (non-hydrogen) atoms. The lowest BCUT2D eigenvalue weighted by molar-refractivity contribution is -0.133. The van der Waals surface area contributed by atoms with Crippen molar-refractivity contribution >= 4 is 35.1 Å². The summed E-state index contributed by atoms with van der Waals surface area (Å²) in [6.07, 6.45) is -0.161. The molecule has 0 spiro atoms. The fourth-order valence-electron chi connectivity index (χ4n) is 4.23. The smallest absolute Gasteiger partial charge is 0.242 e. The molecule has 4 aromatic rings. The molecule has 0 aliphatic carbocycles. The number of thioether (sulfide) groups is 1. The van der Waals surface area contributed by atoms with Crippen LogP contribution in [0.4, 0.5) is 4.39 Å². The van der Waals surface area contributed by atoms with Gasteiger partial charge in [0.05, 0.1) is 10.7 Å². The van der Waals surface area contributed by atoms with Gasteiger partial charge in [-0.3, -0.25) is 9.59 Å². The minimum absolute atomic E-state index is 0.0977. The molecule has 186 valence electrons. The van der Waals surface area contributed by atoms with E-state index in [2.05, 4.69) is 10.3 Å². The van der Waals surface area contributed by atoms with Crippen LogP contribution in [0.15, 0.2) is 95.9 Å². The maximum atomic E-state index is 13.5. The van der Waals surface area contributed by atoms with Crippen molar-refractivity contribution in [3.05, 3.63) is 113 Å². The predicted molar refractivity (Wildman–Crippen MR) is 138 cm³/mol. The second-order valence-electron chi connectivity index (χ2n) is 8.40. The molecule has 1 fully saturated rings. The number of piperidine rings is 1. The third kappa shape index (κ3) is 5.03. The quantitative estimate of drug-likeness (QED) is 0.301. The summed E-state index contributed by atoms with van der Waals surface area (Å²) >= 11 is 7.34. The van der Waals surface area contributed by atoms with E-state index < -0.39 is 22.5 Å². The number of nitrogens with one attached hydrogen (secondary N) is 1. The molecule has 0 radical (unpaired) electrons. The zero-order valence-electron chi connectivity index (χ0n) is 19.2. The Morgan fingerprint density at radius 2 is 1.70 bits per heavy atom. The van der Waals surface area contributed by atoms with Crippen LogP contribution in [0.5, 0.6) is 17.4 Å². The van der Waals surface area contributed by atoms with E-state index in [0.29, 0.717) is 26.9 Å². The number of ether oxygens (including phenoxy) is 1. The van der Waals surface area contributed by atoms with Crippen molar-refractivity contribution in [2.45, 2.75) is 22.1 Å². The molecule has 2 atom stereocenters. The zero-order valence-corrected chi connectivity index (χ0v) is 20.8. The first-order chi connectivity index (χ1) is 17.9. The molecule has 1 aliphatic rings. The molecule has 3 aromatic carbocycles. The van der Waals surface area contributed by atoms with Crippen molar-refractivity contribution < 1.29 is 23.8 Å². The summed E-state index contributed by atoms with van der Waals surface area (Å²) in [4.78, 5) is 32.1. The van der Waals surface area contributed by atoms with E-state index in [1.165, 1.54) is 30.3 Å². The van der Waals surface area contributed by atoms with Crippen LogP contribution in [-0.2, 0) is 15.1 Å². The van der Waals surface area contributed by atoms with Gasteiger partial charge in [-0.1, -0.05) is 48.0 Å². The number of phenolic OH excluding ortho intramolecular Hbond substituents is 1. The molecule has 2 unspecified atom stereocenters. The van der Waals surface area contributed by atoms with Crippen molar-refractivity contribution in [3.63, 3.8) is 0 Å². The molecule has 9 heteroatoms. The van der Waals surface area contributed by atoms with Crippen LogP contribution >= 0.6 is 23.4 Å². The average molecular weight is 535 g/mol. The van der Waals surface area contributed by atoms with Crippen LogP contribution in [-0.4, -0.2) is 27.0 Å². The molecule has 1 saturated heterocycles. The van der Waals surface area contributed by atoms with Crippen LogP contribution in [0, 0.1) is 5.82 Å². The van der Waals surface area contributed by atoms with Gasteiger partial charge in [0.1, 0.15) is 28.1 Å². The fraction of sp³-hybridized carbons (Fsp3) is 0.107. The van der Waals surface area contributed by atoms with Crippen molar-refractivity contribution in [2.75, 3.05) is 0 Å². The van der Waals surface area contributed by atoms with Gasteiger partial charge in [-0.25, -0.2) is 9.37 Å². The Hall–Kier alpha value is -3.88. The van der Waals surface area contributed by atoms with Crippen LogP contribution in [0.25, 0.3) is 0 Å². The Bertz CT molecular complexity index is 1460. The number of hydrogen-bond acceptors (Lipinski definition) is 6. The average Bonchev–Trinajstić information content (AvgIpc) is 2.89. The Labute approximate surface area is 221 Å². The number of halogens is 2. The second-order valence-corrected chi connectivity index (χ2v) is 9.95. The first-order valence-corrected chi connectivity index (χ1v) is 12.6. The van der Waals surface area contributed by atoms with Gasteiger partial charge in [0.15, 0.2) is 5.78 Å². The summed E-state index contributed by atoms with van der Waals surface area (Å²) in [6.45, 7) is 0. The maximum Gasteiger partial charge on any atom is 0.242 e. The van der Waals surface area contributed by atoms with Crippen LogP contribution in [0.1, 0.15) is 17.7 Å². The van der Waals surface area contributed by atoms with E-state index in [1.54, 1.807) is 60.7 Å². The molecular weight excluding hydrogens is 515 g/mol. The van der Waals surface area contributed by atoms with Crippen LogP contribution < -0.4 is 10.1 Å². The standard InChI is InChI=1S/C28H20ClFN2O4S/c29-20-7-2-4-9-23(20)37-26-22(34)16-28(32-27(26)35,19-6-1-3-8-21(19)33)24-10-5-11-25(31-24)36-18-14-12-17(30)13-15-18/h1-15,26,33H,16H2,(H,32,35). The van der Waals surface area contributed by atoms with Crippen LogP contribution in [0.3, 0.4) is 0 Å². The lowest BCUT2D eigenvalue weighted by Crippen LogP contribution is -2.58. The van der Waals surface area contributed by atoms with Gasteiger partial charge < -0.3 is 15.2 Å². The van der Waals surface area contributed by atoms with Gasteiger partial charge in [-0.05, 0) is 48.5 Å². The van der Waals surface area contributed by atoms with E-state index in [4.69, 9.17) is 16.3 Å². The van der Waals surface area contributed by atoms with Gasteiger partial charge >= 0.3 is 0 Å². The Morgan fingerprint density at radius 1 is 0.973 bits per heavy atom. The van der Waals surface area contributed by atoms with E-state index >= 15 is 0 Å². The maximum absolute atomic E-state index is 13.5. The Kier molecular flexibility index (Phi) is 6.86. The number of aromatic nitrogens is 1. The molecular formula is C28H20ClFN2O4S. The molecule has 2 heterocycles. The largest absolute Gasteiger partial charge is 0.508 e. The Morgan fingerprint density at radius 3 is 2.43 bits per heavy atom. The van der Waals surface area contributed by atoms with Crippen molar-refractivity contribution in [1.29, 1.82) is 0 Å². The minimum atomic E-state index is -1.45. The first kappa shape index (κ1) is 24.8.